The van der Waals surface area contributed by atoms with E-state index >= 15 is 0 Å². The number of hydrogen-bond acceptors (Lipinski definition) is 4. The molecular weight excluding hydrogens is 206 g/mol. The van der Waals surface area contributed by atoms with Crippen LogP contribution in [0.25, 0.3) is 11.2 Å². The van der Waals surface area contributed by atoms with Gasteiger partial charge in [-0.2, -0.15) is 0 Å². The quantitative estimate of drug-likeness (QED) is 0.761. The van der Waals surface area contributed by atoms with Gasteiger partial charge in [0.1, 0.15) is 11.6 Å². The number of carbonyl (C=O) groups is 1. The highest BCUT2D eigenvalue weighted by Gasteiger charge is 2.19. The molecule has 84 valence electrons. The number of imidazole rings is 1. The summed E-state index contributed by atoms with van der Waals surface area (Å²) in [6.07, 6.45) is 1.65. The zero-order chi connectivity index (χ0) is 11.7. The molecule has 0 fully saturated rings. The van der Waals surface area contributed by atoms with Crippen LogP contribution in [-0.2, 0) is 4.79 Å². The Labute approximate surface area is 92.5 Å². The highest BCUT2D eigenvalue weighted by molar-refractivity contribution is 5.83. The Morgan fingerprint density at radius 2 is 2.38 bits per heavy atom. The van der Waals surface area contributed by atoms with Gasteiger partial charge in [-0.3, -0.25) is 9.36 Å². The molecule has 3 N–H and O–H groups in total. The number of nitrogen functional groups attached to an aromatic ring is 1. The fourth-order valence-electron chi connectivity index (χ4n) is 1.66. The molecule has 0 spiro atoms. The number of carbonyl (C=O) groups excluding carboxylic acids is 1. The molecule has 0 saturated carbocycles. The normalized spacial score (nSPS) is 12.6. The molecule has 0 saturated heterocycles. The number of rotatable bonds is 2. The molecule has 1 atom stereocenters. The fourth-order valence-corrected chi connectivity index (χ4v) is 1.66. The van der Waals surface area contributed by atoms with E-state index in [4.69, 9.17) is 5.73 Å². The first kappa shape index (κ1) is 10.4. The summed E-state index contributed by atoms with van der Waals surface area (Å²) in [4.78, 5) is 19.9. The highest BCUT2D eigenvalue weighted by Crippen LogP contribution is 2.20. The number of nitrogens with two attached hydrogens (primary N) is 1. The first-order chi connectivity index (χ1) is 7.65. The van der Waals surface area contributed by atoms with Crippen LogP contribution in [-0.4, -0.2) is 27.5 Å². The Hall–Kier alpha value is -2.11. The molecule has 0 aromatic carbocycles. The molecule has 16 heavy (non-hydrogen) atoms. The Morgan fingerprint density at radius 3 is 3.06 bits per heavy atom. The second-order valence-corrected chi connectivity index (χ2v) is 3.48. The minimum absolute atomic E-state index is 0.128. The molecule has 1 unspecified atom stereocenters. The standard InChI is InChI=1S/C10H13N5O/c1-6(9(16)12-2)15-8-7(14-10(15)11)4-3-5-13-8/h3-6H,1-2H3,(H2,11,14)(H,12,16). The van der Waals surface area contributed by atoms with E-state index in [0.717, 1.165) is 0 Å². The molecular formula is C10H13N5O. The number of anilines is 1. The minimum atomic E-state index is -0.426. The zero-order valence-corrected chi connectivity index (χ0v) is 9.14. The van der Waals surface area contributed by atoms with E-state index in [-0.39, 0.29) is 5.91 Å². The van der Waals surface area contributed by atoms with E-state index in [1.54, 1.807) is 30.8 Å². The van der Waals surface area contributed by atoms with Gasteiger partial charge in [-0.15, -0.1) is 0 Å². The third-order valence-electron chi connectivity index (χ3n) is 2.49. The van der Waals surface area contributed by atoms with Crippen LogP contribution in [0.1, 0.15) is 13.0 Å². The number of nitrogens with one attached hydrogen (secondary N) is 1. The molecule has 6 heteroatoms. The monoisotopic (exact) mass is 219 g/mol. The molecule has 2 heterocycles. The van der Waals surface area contributed by atoms with E-state index in [9.17, 15) is 4.79 Å². The van der Waals surface area contributed by atoms with Crippen molar-refractivity contribution in [2.24, 2.45) is 0 Å². The lowest BCUT2D eigenvalue weighted by molar-refractivity contribution is -0.123. The van der Waals surface area contributed by atoms with Gasteiger partial charge in [0.15, 0.2) is 5.65 Å². The first-order valence-electron chi connectivity index (χ1n) is 4.95. The summed E-state index contributed by atoms with van der Waals surface area (Å²) in [6, 6.07) is 3.17. The van der Waals surface area contributed by atoms with Crippen LogP contribution in [0.15, 0.2) is 18.3 Å². The fraction of sp³-hybridized carbons (Fsp3) is 0.300. The van der Waals surface area contributed by atoms with Crippen LogP contribution in [0.3, 0.4) is 0 Å². The summed E-state index contributed by atoms with van der Waals surface area (Å²) in [5, 5.41) is 2.57. The summed E-state index contributed by atoms with van der Waals surface area (Å²) in [6.45, 7) is 1.75. The maximum Gasteiger partial charge on any atom is 0.242 e. The lowest BCUT2D eigenvalue weighted by atomic mass is 10.3. The molecule has 0 aliphatic carbocycles. The van der Waals surface area contributed by atoms with Gasteiger partial charge >= 0.3 is 0 Å². The van der Waals surface area contributed by atoms with Crippen LogP contribution in [0.2, 0.25) is 0 Å². The Balaban J connectivity index is 2.59. The topological polar surface area (TPSA) is 85.8 Å². The van der Waals surface area contributed by atoms with E-state index < -0.39 is 6.04 Å². The molecule has 0 aliphatic rings. The lowest BCUT2D eigenvalue weighted by Crippen LogP contribution is -2.28. The number of hydrogen-bond donors (Lipinski definition) is 2. The van der Waals surface area contributed by atoms with Gasteiger partial charge in [-0.25, -0.2) is 9.97 Å². The number of likely N-dealkylation sites (N-methyl/N-ethyl adjacent to an activating group) is 1. The predicted molar refractivity (Wildman–Crippen MR) is 60.7 cm³/mol. The minimum Gasteiger partial charge on any atom is -0.369 e. The number of amides is 1. The van der Waals surface area contributed by atoms with E-state index in [1.807, 2.05) is 6.07 Å². The first-order valence-corrected chi connectivity index (χ1v) is 4.95. The van der Waals surface area contributed by atoms with Gasteiger partial charge in [0.2, 0.25) is 11.9 Å². The average molecular weight is 219 g/mol. The molecule has 2 aromatic heterocycles. The number of nitrogens with zero attached hydrogens (tertiary/aromatic N) is 3. The highest BCUT2D eigenvalue weighted by atomic mass is 16.2. The second kappa shape index (κ2) is 3.80. The lowest BCUT2D eigenvalue weighted by Gasteiger charge is -2.13. The summed E-state index contributed by atoms with van der Waals surface area (Å²) in [5.74, 6) is 0.168. The molecule has 1 amide bonds. The van der Waals surface area contributed by atoms with Crippen molar-refractivity contribution in [3.05, 3.63) is 18.3 Å². The summed E-state index contributed by atoms with van der Waals surface area (Å²) >= 11 is 0. The molecule has 0 radical (unpaired) electrons. The molecule has 0 bridgehead atoms. The maximum atomic E-state index is 11.6. The van der Waals surface area contributed by atoms with Gasteiger partial charge in [-0.1, -0.05) is 0 Å². The molecule has 2 aromatic rings. The second-order valence-electron chi connectivity index (χ2n) is 3.48. The van der Waals surface area contributed by atoms with Gasteiger partial charge in [0.25, 0.3) is 0 Å². The van der Waals surface area contributed by atoms with Crippen molar-refractivity contribution in [1.29, 1.82) is 0 Å². The Bertz CT molecular complexity index is 533. The Kier molecular flexibility index (Phi) is 2.47. The van der Waals surface area contributed by atoms with E-state index in [1.165, 1.54) is 0 Å². The van der Waals surface area contributed by atoms with E-state index in [0.29, 0.717) is 17.1 Å². The van der Waals surface area contributed by atoms with Crippen LogP contribution < -0.4 is 11.1 Å². The third-order valence-corrected chi connectivity index (χ3v) is 2.49. The number of fused-ring (bicyclic) bond motifs is 1. The predicted octanol–water partition coefficient (Wildman–Crippen LogP) is 0.320. The average Bonchev–Trinajstić information content (AvgIpc) is 2.63. The zero-order valence-electron chi connectivity index (χ0n) is 9.14. The van der Waals surface area contributed by atoms with Crippen molar-refractivity contribution in [2.45, 2.75) is 13.0 Å². The Morgan fingerprint density at radius 1 is 1.62 bits per heavy atom. The number of pyridine rings is 1. The van der Waals surface area contributed by atoms with Crippen molar-refractivity contribution < 1.29 is 4.79 Å². The molecule has 2 rings (SSSR count). The van der Waals surface area contributed by atoms with Crippen molar-refractivity contribution in [3.63, 3.8) is 0 Å². The SMILES string of the molecule is CNC(=O)C(C)n1c(N)nc2cccnc21. The van der Waals surface area contributed by atoms with Crippen LogP contribution in [0.5, 0.6) is 0 Å². The van der Waals surface area contributed by atoms with Gasteiger partial charge in [0.05, 0.1) is 0 Å². The van der Waals surface area contributed by atoms with Gasteiger partial charge < -0.3 is 11.1 Å². The van der Waals surface area contributed by atoms with Crippen LogP contribution in [0.4, 0.5) is 5.95 Å². The summed E-state index contributed by atoms with van der Waals surface area (Å²) in [5.41, 5.74) is 7.09. The van der Waals surface area contributed by atoms with Gasteiger partial charge in [0, 0.05) is 13.2 Å². The van der Waals surface area contributed by atoms with Crippen molar-refractivity contribution >= 4 is 23.0 Å². The van der Waals surface area contributed by atoms with Crippen molar-refractivity contribution in [3.8, 4) is 0 Å². The van der Waals surface area contributed by atoms with Crippen LogP contribution in [0, 0.1) is 0 Å². The van der Waals surface area contributed by atoms with E-state index in [2.05, 4.69) is 15.3 Å². The number of aromatic nitrogens is 3. The largest absolute Gasteiger partial charge is 0.369 e. The van der Waals surface area contributed by atoms with Crippen molar-refractivity contribution in [2.75, 3.05) is 12.8 Å². The molecule has 6 nitrogen and oxygen atoms in total. The van der Waals surface area contributed by atoms with Crippen LogP contribution >= 0.6 is 0 Å². The third kappa shape index (κ3) is 1.48. The van der Waals surface area contributed by atoms with Gasteiger partial charge in [-0.05, 0) is 19.1 Å². The van der Waals surface area contributed by atoms with Crippen molar-refractivity contribution in [1.82, 2.24) is 19.9 Å². The maximum absolute atomic E-state index is 11.6. The summed E-state index contributed by atoms with van der Waals surface area (Å²) < 4.78 is 1.62. The smallest absolute Gasteiger partial charge is 0.242 e. The molecule has 0 aliphatic heterocycles. The summed E-state index contributed by atoms with van der Waals surface area (Å²) in [7, 11) is 1.58.